The van der Waals surface area contributed by atoms with Gasteiger partial charge in [0.1, 0.15) is 12.4 Å². The van der Waals surface area contributed by atoms with E-state index < -0.39 is 0 Å². The molecule has 0 atom stereocenters. The van der Waals surface area contributed by atoms with Crippen LogP contribution in [0.2, 0.25) is 0 Å². The molecule has 0 saturated heterocycles. The Morgan fingerprint density at radius 1 is 1.57 bits per heavy atom. The first-order valence-electron chi connectivity index (χ1n) is 4.18. The molecule has 0 saturated carbocycles. The number of amides is 1. The highest BCUT2D eigenvalue weighted by atomic mass is 19.1. The van der Waals surface area contributed by atoms with E-state index in [0.29, 0.717) is 5.69 Å². The molecule has 0 spiro atoms. The van der Waals surface area contributed by atoms with Crippen molar-refractivity contribution >= 4 is 11.6 Å². The highest BCUT2D eigenvalue weighted by molar-refractivity contribution is 5.92. The van der Waals surface area contributed by atoms with E-state index in [1.54, 1.807) is 13.0 Å². The third-order valence-corrected chi connectivity index (χ3v) is 1.75. The van der Waals surface area contributed by atoms with E-state index in [4.69, 9.17) is 0 Å². The van der Waals surface area contributed by atoms with E-state index in [-0.39, 0.29) is 18.3 Å². The lowest BCUT2D eigenvalue weighted by Gasteiger charge is -2.07. The Hall–Kier alpha value is -1.42. The second-order valence-electron chi connectivity index (χ2n) is 2.94. The number of anilines is 1. The van der Waals surface area contributed by atoms with Crippen molar-refractivity contribution in [1.29, 1.82) is 0 Å². The summed E-state index contributed by atoms with van der Waals surface area (Å²) in [4.78, 5) is 11.1. The summed E-state index contributed by atoms with van der Waals surface area (Å²) in [5.74, 6) is -0.662. The number of rotatable bonds is 3. The quantitative estimate of drug-likeness (QED) is 0.801. The molecule has 1 rings (SSSR count). The Kier molecular flexibility index (Phi) is 3.59. The Morgan fingerprint density at radius 2 is 2.29 bits per heavy atom. The first-order valence-corrected chi connectivity index (χ1v) is 4.18. The molecule has 0 unspecified atom stereocenters. The lowest BCUT2D eigenvalue weighted by atomic mass is 10.2. The van der Waals surface area contributed by atoms with E-state index in [1.165, 1.54) is 19.2 Å². The van der Waals surface area contributed by atoms with Gasteiger partial charge in [-0.15, -0.1) is 0 Å². The van der Waals surface area contributed by atoms with Gasteiger partial charge in [0.2, 0.25) is 5.91 Å². The van der Waals surface area contributed by atoms with Gasteiger partial charge in [-0.25, -0.2) is 4.39 Å². The molecule has 4 heteroatoms. The number of carbonyl (C=O) groups excluding carboxylic acids is 1. The summed E-state index contributed by atoms with van der Waals surface area (Å²) in [5.41, 5.74) is 1.29. The Labute approximate surface area is 81.9 Å². The first-order chi connectivity index (χ1) is 6.63. The Balaban J connectivity index is 2.75. The number of hydrogen-bond donors (Lipinski definition) is 1. The summed E-state index contributed by atoms with van der Waals surface area (Å²) in [6.45, 7) is 1.76. The van der Waals surface area contributed by atoms with E-state index in [9.17, 15) is 9.18 Å². The summed E-state index contributed by atoms with van der Waals surface area (Å²) in [6, 6.07) is 4.24. The molecule has 1 aromatic carbocycles. The van der Waals surface area contributed by atoms with Gasteiger partial charge in [0.15, 0.2) is 0 Å². The van der Waals surface area contributed by atoms with Crippen molar-refractivity contribution < 1.29 is 13.9 Å². The summed E-state index contributed by atoms with van der Waals surface area (Å²) < 4.78 is 17.4. The van der Waals surface area contributed by atoms with Crippen molar-refractivity contribution in [3.63, 3.8) is 0 Å². The number of methoxy groups -OCH3 is 1. The molecule has 0 aliphatic carbocycles. The summed E-state index contributed by atoms with van der Waals surface area (Å²) >= 11 is 0. The number of nitrogens with one attached hydrogen (secondary N) is 1. The van der Waals surface area contributed by atoms with Crippen LogP contribution in [0.15, 0.2) is 18.2 Å². The number of aryl methyl sites for hydroxylation is 1. The van der Waals surface area contributed by atoms with Gasteiger partial charge in [-0.05, 0) is 24.6 Å². The molecule has 0 heterocycles. The van der Waals surface area contributed by atoms with Gasteiger partial charge in [-0.3, -0.25) is 4.79 Å². The van der Waals surface area contributed by atoms with Crippen LogP contribution in [0.5, 0.6) is 0 Å². The molecular formula is C10H12FNO2. The van der Waals surface area contributed by atoms with Crippen LogP contribution in [-0.4, -0.2) is 19.6 Å². The maximum atomic E-state index is 12.8. The van der Waals surface area contributed by atoms with E-state index in [1.807, 2.05) is 0 Å². The normalized spacial score (nSPS) is 9.93. The van der Waals surface area contributed by atoms with Crippen molar-refractivity contribution in [1.82, 2.24) is 0 Å². The SMILES string of the molecule is COCC(=O)Nc1cc(F)ccc1C. The number of hydrogen-bond acceptors (Lipinski definition) is 2. The lowest BCUT2D eigenvalue weighted by molar-refractivity contribution is -0.119. The van der Waals surface area contributed by atoms with Crippen molar-refractivity contribution in [2.75, 3.05) is 19.0 Å². The van der Waals surface area contributed by atoms with Gasteiger partial charge in [0.25, 0.3) is 0 Å². The molecule has 0 fully saturated rings. The van der Waals surface area contributed by atoms with E-state index >= 15 is 0 Å². The van der Waals surface area contributed by atoms with Gasteiger partial charge < -0.3 is 10.1 Å². The number of carbonyl (C=O) groups is 1. The zero-order valence-electron chi connectivity index (χ0n) is 8.13. The maximum absolute atomic E-state index is 12.8. The van der Waals surface area contributed by atoms with Crippen molar-refractivity contribution in [3.8, 4) is 0 Å². The van der Waals surface area contributed by atoms with Crippen molar-refractivity contribution in [3.05, 3.63) is 29.6 Å². The molecular weight excluding hydrogens is 185 g/mol. The largest absolute Gasteiger partial charge is 0.375 e. The van der Waals surface area contributed by atoms with Crippen LogP contribution in [0.3, 0.4) is 0 Å². The molecule has 0 aliphatic rings. The fourth-order valence-electron chi connectivity index (χ4n) is 1.05. The zero-order valence-corrected chi connectivity index (χ0v) is 8.13. The first kappa shape index (κ1) is 10.7. The number of halogens is 1. The summed E-state index contributed by atoms with van der Waals surface area (Å²) in [5, 5.41) is 2.55. The van der Waals surface area contributed by atoms with Gasteiger partial charge in [-0.2, -0.15) is 0 Å². The standard InChI is InChI=1S/C10H12FNO2/c1-7-3-4-8(11)5-9(7)12-10(13)6-14-2/h3-5H,6H2,1-2H3,(H,12,13). The molecule has 3 nitrogen and oxygen atoms in total. The van der Waals surface area contributed by atoms with Gasteiger partial charge in [-0.1, -0.05) is 6.07 Å². The molecule has 0 aromatic heterocycles. The molecule has 76 valence electrons. The molecule has 14 heavy (non-hydrogen) atoms. The van der Waals surface area contributed by atoms with Crippen LogP contribution in [0.4, 0.5) is 10.1 Å². The van der Waals surface area contributed by atoms with Crippen LogP contribution >= 0.6 is 0 Å². The van der Waals surface area contributed by atoms with Crippen LogP contribution in [0.1, 0.15) is 5.56 Å². The average Bonchev–Trinajstić information content (AvgIpc) is 2.12. The van der Waals surface area contributed by atoms with Crippen molar-refractivity contribution in [2.24, 2.45) is 0 Å². The fourth-order valence-corrected chi connectivity index (χ4v) is 1.05. The monoisotopic (exact) mass is 197 g/mol. The molecule has 0 bridgehead atoms. The predicted molar refractivity (Wildman–Crippen MR) is 51.6 cm³/mol. The summed E-state index contributed by atoms with van der Waals surface area (Å²) in [6.07, 6.45) is 0. The van der Waals surface area contributed by atoms with Crippen LogP contribution in [0, 0.1) is 12.7 Å². The van der Waals surface area contributed by atoms with E-state index in [0.717, 1.165) is 5.56 Å². The predicted octanol–water partition coefficient (Wildman–Crippen LogP) is 1.72. The highest BCUT2D eigenvalue weighted by Gasteiger charge is 2.04. The number of benzene rings is 1. The van der Waals surface area contributed by atoms with Crippen LogP contribution in [-0.2, 0) is 9.53 Å². The van der Waals surface area contributed by atoms with Gasteiger partial charge >= 0.3 is 0 Å². The minimum absolute atomic E-state index is 0.0318. The minimum atomic E-state index is -0.372. The topological polar surface area (TPSA) is 38.3 Å². The molecule has 1 N–H and O–H groups in total. The molecule has 0 aliphatic heterocycles. The Morgan fingerprint density at radius 3 is 2.93 bits per heavy atom. The smallest absolute Gasteiger partial charge is 0.250 e. The second-order valence-corrected chi connectivity index (χ2v) is 2.94. The minimum Gasteiger partial charge on any atom is -0.375 e. The third-order valence-electron chi connectivity index (χ3n) is 1.75. The third kappa shape index (κ3) is 2.81. The van der Waals surface area contributed by atoms with E-state index in [2.05, 4.69) is 10.1 Å². The molecule has 0 radical (unpaired) electrons. The molecule has 1 amide bonds. The zero-order chi connectivity index (χ0) is 10.6. The summed E-state index contributed by atoms with van der Waals surface area (Å²) in [7, 11) is 1.43. The van der Waals surface area contributed by atoms with Crippen molar-refractivity contribution in [2.45, 2.75) is 6.92 Å². The average molecular weight is 197 g/mol. The van der Waals surface area contributed by atoms with Crippen LogP contribution < -0.4 is 5.32 Å². The lowest BCUT2D eigenvalue weighted by Crippen LogP contribution is -2.17. The van der Waals surface area contributed by atoms with Gasteiger partial charge in [0.05, 0.1) is 0 Å². The van der Waals surface area contributed by atoms with Gasteiger partial charge in [0, 0.05) is 12.8 Å². The molecule has 1 aromatic rings. The fraction of sp³-hybridized carbons (Fsp3) is 0.300. The highest BCUT2D eigenvalue weighted by Crippen LogP contribution is 2.15. The maximum Gasteiger partial charge on any atom is 0.250 e. The second kappa shape index (κ2) is 4.72. The number of ether oxygens (including phenoxy) is 1. The van der Waals surface area contributed by atoms with Crippen LogP contribution in [0.25, 0.3) is 0 Å². The Bertz CT molecular complexity index is 339.